The van der Waals surface area contributed by atoms with Gasteiger partial charge in [0, 0.05) is 67.3 Å². The molecule has 4 heterocycles. The minimum atomic E-state index is -0.159. The second kappa shape index (κ2) is 23.3. The van der Waals surface area contributed by atoms with Gasteiger partial charge in [-0.3, -0.25) is 0 Å². The van der Waals surface area contributed by atoms with Gasteiger partial charge in [0.15, 0.2) is 17.5 Å². The summed E-state index contributed by atoms with van der Waals surface area (Å²) < 4.78 is 2.28. The Morgan fingerprint density at radius 3 is 1.12 bits per heavy atom. The molecule has 18 rings (SSSR count). The van der Waals surface area contributed by atoms with E-state index in [4.69, 9.17) is 15.0 Å². The molecule has 0 saturated carbocycles. The third-order valence-corrected chi connectivity index (χ3v) is 19.1. The van der Waals surface area contributed by atoms with Gasteiger partial charge >= 0.3 is 0 Å². The molecule has 14 aromatic carbocycles. The molecule has 16 aromatic rings. The van der Waals surface area contributed by atoms with Gasteiger partial charge in [-0.2, -0.15) is 5.26 Å². The van der Waals surface area contributed by atoms with Crippen LogP contribution in [0.2, 0.25) is 0 Å². The van der Waals surface area contributed by atoms with Gasteiger partial charge in [0.2, 0.25) is 0 Å². The Bertz CT molecular complexity index is 5440. The lowest BCUT2D eigenvalue weighted by Crippen LogP contribution is -2.61. The third kappa shape index (κ3) is 9.64. The molecule has 0 fully saturated rings. The molecular formula is C88H56BN7. The van der Waals surface area contributed by atoms with E-state index in [9.17, 15) is 5.26 Å². The van der Waals surface area contributed by atoms with Gasteiger partial charge in [0.05, 0.1) is 22.7 Å². The van der Waals surface area contributed by atoms with Crippen molar-refractivity contribution in [1.29, 1.82) is 5.26 Å². The van der Waals surface area contributed by atoms with Crippen molar-refractivity contribution >= 4 is 79.0 Å². The molecule has 0 saturated heterocycles. The fourth-order valence-electron chi connectivity index (χ4n) is 14.5. The van der Waals surface area contributed by atoms with Crippen molar-refractivity contribution in [3.8, 4) is 102 Å². The largest absolute Gasteiger partial charge is 0.311 e. The monoisotopic (exact) mass is 1220 g/mol. The van der Waals surface area contributed by atoms with Crippen molar-refractivity contribution in [2.45, 2.75) is 0 Å². The van der Waals surface area contributed by atoms with Crippen molar-refractivity contribution in [1.82, 2.24) is 19.5 Å². The number of nitriles is 1. The highest BCUT2D eigenvalue weighted by atomic mass is 15.2. The van der Waals surface area contributed by atoms with E-state index in [0.717, 1.165) is 95.0 Å². The first-order valence-corrected chi connectivity index (χ1v) is 32.5. The van der Waals surface area contributed by atoms with Gasteiger partial charge in [0.25, 0.3) is 6.71 Å². The molecule has 0 bridgehead atoms. The predicted molar refractivity (Wildman–Crippen MR) is 396 cm³/mol. The van der Waals surface area contributed by atoms with Crippen molar-refractivity contribution in [2.24, 2.45) is 0 Å². The number of rotatable bonds is 11. The Labute approximate surface area is 557 Å². The highest BCUT2D eigenvalue weighted by Crippen LogP contribution is 2.48. The zero-order valence-electron chi connectivity index (χ0n) is 52.0. The van der Waals surface area contributed by atoms with Crippen LogP contribution in [0.1, 0.15) is 5.56 Å². The maximum absolute atomic E-state index is 11.1. The number of anilines is 6. The van der Waals surface area contributed by atoms with E-state index in [1.54, 1.807) is 0 Å². The van der Waals surface area contributed by atoms with Crippen LogP contribution < -0.4 is 26.2 Å². The summed E-state index contributed by atoms with van der Waals surface area (Å²) in [6, 6.07) is 124. The average molecular weight is 1220 g/mol. The number of hydrogen-bond acceptors (Lipinski definition) is 6. The maximum atomic E-state index is 11.1. The van der Waals surface area contributed by atoms with Gasteiger partial charge in [-0.25, -0.2) is 15.0 Å². The van der Waals surface area contributed by atoms with E-state index in [1.807, 2.05) is 72.8 Å². The molecule has 96 heavy (non-hydrogen) atoms. The van der Waals surface area contributed by atoms with Crippen LogP contribution in [0, 0.1) is 11.3 Å². The molecule has 2 aliphatic rings. The highest BCUT2D eigenvalue weighted by molar-refractivity contribution is 7.00. The number of benzene rings is 14. The topological polar surface area (TPSA) is 73.9 Å². The Morgan fingerprint density at radius 2 is 0.646 bits per heavy atom. The lowest BCUT2D eigenvalue weighted by Gasteiger charge is -2.44. The quantitative estimate of drug-likeness (QED) is 0.120. The molecule has 0 atom stereocenters. The Morgan fingerprint density at radius 1 is 0.271 bits per heavy atom. The highest BCUT2D eigenvalue weighted by Gasteiger charge is 2.44. The summed E-state index contributed by atoms with van der Waals surface area (Å²) >= 11 is 0. The summed E-state index contributed by atoms with van der Waals surface area (Å²) in [5, 5.41) is 13.3. The molecule has 7 nitrogen and oxygen atoms in total. The van der Waals surface area contributed by atoms with E-state index < -0.39 is 0 Å². The number of fused-ring (bicyclic) bond motifs is 7. The summed E-state index contributed by atoms with van der Waals surface area (Å²) in [5.41, 5.74) is 27.5. The predicted octanol–water partition coefficient (Wildman–Crippen LogP) is 20.3. The summed E-state index contributed by atoms with van der Waals surface area (Å²) in [4.78, 5) is 20.0. The van der Waals surface area contributed by atoms with Gasteiger partial charge in [0.1, 0.15) is 0 Å². The van der Waals surface area contributed by atoms with Crippen molar-refractivity contribution in [2.75, 3.05) is 9.80 Å². The molecule has 0 unspecified atom stereocenters. The van der Waals surface area contributed by atoms with E-state index in [1.165, 1.54) is 49.8 Å². The zero-order valence-corrected chi connectivity index (χ0v) is 52.0. The summed E-state index contributed by atoms with van der Waals surface area (Å²) in [6.07, 6.45) is 0. The van der Waals surface area contributed by atoms with Crippen LogP contribution in [-0.4, -0.2) is 26.2 Å². The molecule has 446 valence electrons. The first kappa shape index (κ1) is 55.9. The van der Waals surface area contributed by atoms with Gasteiger partial charge in [-0.1, -0.05) is 255 Å². The van der Waals surface area contributed by atoms with Crippen LogP contribution >= 0.6 is 0 Å². The van der Waals surface area contributed by atoms with Gasteiger partial charge < -0.3 is 14.4 Å². The number of nitrogens with zero attached hydrogens (tertiary/aromatic N) is 7. The molecule has 0 spiro atoms. The fraction of sp³-hybridized carbons (Fsp3) is 0. The SMILES string of the molecule is N#Cc1cc(-n2c3ccccc3c3cc(-c4cc5c6c(c4)N(c4ccc(-c7ccccc7)cc4)c4ccc(-c7ccccc7)cc4B6c4cc(-c6ccccc6)ccc4N5c4ccc(-c5ccccc5)cc4)ccc32)ccc1-c1nc(-c2ccccc2)nc(-c2ccccc2)n1. The van der Waals surface area contributed by atoms with E-state index in [0.29, 0.717) is 28.6 Å². The van der Waals surface area contributed by atoms with Crippen LogP contribution in [0.3, 0.4) is 0 Å². The van der Waals surface area contributed by atoms with Crippen LogP contribution in [0.5, 0.6) is 0 Å². The van der Waals surface area contributed by atoms with Crippen molar-refractivity contribution in [3.63, 3.8) is 0 Å². The minimum absolute atomic E-state index is 0.159. The summed E-state index contributed by atoms with van der Waals surface area (Å²) in [6.45, 7) is -0.159. The van der Waals surface area contributed by atoms with Crippen LogP contribution in [-0.2, 0) is 0 Å². The zero-order chi connectivity index (χ0) is 63.6. The Hall–Kier alpha value is -13.0. The molecule has 0 N–H and O–H groups in total. The normalized spacial score (nSPS) is 12.1. The number of hydrogen-bond donors (Lipinski definition) is 0. The van der Waals surface area contributed by atoms with Crippen LogP contribution in [0.4, 0.5) is 34.1 Å². The van der Waals surface area contributed by atoms with Gasteiger partial charge in [-0.15, -0.1) is 0 Å². The molecule has 8 heteroatoms. The van der Waals surface area contributed by atoms with E-state index in [-0.39, 0.29) is 6.71 Å². The maximum Gasteiger partial charge on any atom is 0.252 e. The number of aromatic nitrogens is 4. The van der Waals surface area contributed by atoms with E-state index >= 15 is 0 Å². The lowest BCUT2D eigenvalue weighted by molar-refractivity contribution is 1.07. The fourth-order valence-corrected chi connectivity index (χ4v) is 14.5. The molecule has 0 aliphatic carbocycles. The van der Waals surface area contributed by atoms with Gasteiger partial charge in [-0.05, 0) is 157 Å². The molecule has 2 aliphatic heterocycles. The average Bonchev–Trinajstić information content (AvgIpc) is 0.790. The standard InChI is InChI=1S/C88H56BN7/c90-57-70-51-73(46-47-74(70)88-92-86(64-29-15-5-16-30-64)91-87(93-88)65-31-17-6-18-32-65)96-79-34-20-19-33-75(79)76-52-66(39-48-80(76)96)69-55-83-85-84(56-69)95(72-44-37-63(38-45-72)59-23-9-2-10-24-59)82-50-41-68(61-27-13-4-14-28-61)54-78(82)89(85)77-53-67(60-25-11-3-12-26-60)40-49-81(77)94(83)71-42-35-62(36-43-71)58-21-7-1-8-22-58/h1-56H. The Balaban J connectivity index is 0.849. The molecular weight excluding hydrogens is 1170 g/mol. The third-order valence-electron chi connectivity index (χ3n) is 19.1. The van der Waals surface area contributed by atoms with Crippen molar-refractivity contribution in [3.05, 3.63) is 345 Å². The smallest absolute Gasteiger partial charge is 0.252 e. The first-order chi connectivity index (χ1) is 47.5. The Kier molecular flexibility index (Phi) is 13.6. The van der Waals surface area contributed by atoms with E-state index in [2.05, 4.69) is 287 Å². The molecule has 0 radical (unpaired) electrons. The minimum Gasteiger partial charge on any atom is -0.311 e. The second-order valence-electron chi connectivity index (χ2n) is 24.6. The second-order valence-corrected chi connectivity index (χ2v) is 24.6. The van der Waals surface area contributed by atoms with Crippen molar-refractivity contribution < 1.29 is 0 Å². The molecule has 0 amide bonds. The lowest BCUT2D eigenvalue weighted by atomic mass is 9.33. The summed E-state index contributed by atoms with van der Waals surface area (Å²) in [7, 11) is 0. The number of para-hydroxylation sites is 1. The van der Waals surface area contributed by atoms with Crippen LogP contribution in [0.25, 0.3) is 117 Å². The molecule has 2 aromatic heterocycles. The first-order valence-electron chi connectivity index (χ1n) is 32.5. The van der Waals surface area contributed by atoms with Crippen LogP contribution in [0.15, 0.2) is 340 Å². The summed E-state index contributed by atoms with van der Waals surface area (Å²) in [5.74, 6) is 1.50.